The van der Waals surface area contributed by atoms with Crippen molar-refractivity contribution in [2.75, 3.05) is 33.0 Å². The van der Waals surface area contributed by atoms with Crippen molar-refractivity contribution < 1.29 is 14.0 Å². The molecule has 0 aromatic carbocycles. The van der Waals surface area contributed by atoms with Crippen LogP contribution in [-0.2, 0) is 9.09 Å². The average molecular weight is 250 g/mol. The van der Waals surface area contributed by atoms with Gasteiger partial charge in [-0.15, -0.1) is 0 Å². The number of rotatable bonds is 4. The van der Waals surface area contributed by atoms with E-state index >= 15 is 0 Å². The molecule has 0 bridgehead atoms. The van der Waals surface area contributed by atoms with E-state index in [1.54, 1.807) is 13.8 Å². The molecule has 0 aliphatic carbocycles. The van der Waals surface area contributed by atoms with E-state index < -0.39 is 7.60 Å². The highest BCUT2D eigenvalue weighted by Crippen LogP contribution is 2.40. The van der Waals surface area contributed by atoms with Gasteiger partial charge in [0, 0.05) is 32.2 Å². The summed E-state index contributed by atoms with van der Waals surface area (Å²) in [6, 6.07) is 0. The molecule has 0 radical (unpaired) electrons. The van der Waals surface area contributed by atoms with Crippen molar-refractivity contribution in [1.82, 2.24) is 9.80 Å². The van der Waals surface area contributed by atoms with Crippen LogP contribution in [-0.4, -0.2) is 47.7 Å². The molecule has 1 atom stereocenters. The maximum atomic E-state index is 10.5. The fourth-order valence-electron chi connectivity index (χ4n) is 1.09. The molecule has 5 nitrogen and oxygen atoms in total. The summed E-state index contributed by atoms with van der Waals surface area (Å²) in [5.74, 6) is 0. The topological polar surface area (TPSA) is 53.0 Å². The Morgan fingerprint density at radius 3 is 2.19 bits per heavy atom. The maximum Gasteiger partial charge on any atom is 0.327 e. The molecule has 6 heteroatoms. The van der Waals surface area contributed by atoms with Crippen LogP contribution in [0.3, 0.4) is 0 Å². The van der Waals surface area contributed by atoms with Crippen molar-refractivity contribution in [2.24, 2.45) is 0 Å². The Bertz CT molecular complexity index is 258. The molecule has 1 rings (SSSR count). The lowest BCUT2D eigenvalue weighted by molar-refractivity contribution is 0.275. The Labute approximate surface area is 98.2 Å². The van der Waals surface area contributed by atoms with Gasteiger partial charge < -0.3 is 19.2 Å². The molecule has 0 saturated carbocycles. The molecule has 0 fully saturated rings. The molecule has 0 spiro atoms. The van der Waals surface area contributed by atoms with Gasteiger partial charge in [-0.25, -0.2) is 0 Å². The molecular formula is C10H23N2O3P. The quantitative estimate of drug-likeness (QED) is 0.772. The van der Waals surface area contributed by atoms with Crippen LogP contribution in [0.1, 0.15) is 20.8 Å². The van der Waals surface area contributed by atoms with E-state index in [2.05, 4.69) is 40.7 Å². The van der Waals surface area contributed by atoms with Crippen molar-refractivity contribution >= 4 is 7.60 Å². The summed E-state index contributed by atoms with van der Waals surface area (Å²) in [6.45, 7) is 7.94. The SMILES string of the molecule is CCN1C=CN(C)C1.CCOP(=O)(O)CC. The van der Waals surface area contributed by atoms with Crippen LogP contribution in [0.15, 0.2) is 12.4 Å². The molecular weight excluding hydrogens is 227 g/mol. The largest absolute Gasteiger partial charge is 0.362 e. The van der Waals surface area contributed by atoms with Gasteiger partial charge in [-0.1, -0.05) is 6.92 Å². The Morgan fingerprint density at radius 2 is 2.00 bits per heavy atom. The second kappa shape index (κ2) is 7.71. The van der Waals surface area contributed by atoms with Crippen LogP contribution in [0.2, 0.25) is 0 Å². The molecule has 16 heavy (non-hydrogen) atoms. The second-order valence-electron chi connectivity index (χ2n) is 3.47. The van der Waals surface area contributed by atoms with E-state index in [4.69, 9.17) is 4.89 Å². The maximum absolute atomic E-state index is 10.5. The highest BCUT2D eigenvalue weighted by atomic mass is 31.2. The second-order valence-corrected chi connectivity index (χ2v) is 5.64. The van der Waals surface area contributed by atoms with Gasteiger partial charge in [-0.3, -0.25) is 4.57 Å². The van der Waals surface area contributed by atoms with Crippen LogP contribution >= 0.6 is 7.60 Å². The van der Waals surface area contributed by atoms with Crippen molar-refractivity contribution in [2.45, 2.75) is 20.8 Å². The van der Waals surface area contributed by atoms with Crippen molar-refractivity contribution in [3.8, 4) is 0 Å². The molecule has 1 aliphatic rings. The average Bonchev–Trinajstić information content (AvgIpc) is 2.65. The van der Waals surface area contributed by atoms with E-state index in [-0.39, 0.29) is 6.16 Å². The molecule has 0 aromatic heterocycles. The van der Waals surface area contributed by atoms with Gasteiger partial charge in [-0.2, -0.15) is 0 Å². The molecule has 96 valence electrons. The minimum atomic E-state index is -3.17. The van der Waals surface area contributed by atoms with Gasteiger partial charge in [0.2, 0.25) is 0 Å². The first-order valence-electron chi connectivity index (χ1n) is 5.54. The fourth-order valence-corrected chi connectivity index (χ4v) is 1.67. The highest BCUT2D eigenvalue weighted by molar-refractivity contribution is 7.52. The lowest BCUT2D eigenvalue weighted by Crippen LogP contribution is -2.21. The molecule has 1 N–H and O–H groups in total. The summed E-state index contributed by atoms with van der Waals surface area (Å²) in [4.78, 5) is 13.1. The molecule has 1 aliphatic heterocycles. The van der Waals surface area contributed by atoms with Crippen molar-refractivity contribution in [3.05, 3.63) is 12.4 Å². The third-order valence-corrected chi connectivity index (χ3v) is 3.53. The summed E-state index contributed by atoms with van der Waals surface area (Å²) in [6.07, 6.45) is 4.39. The predicted molar refractivity (Wildman–Crippen MR) is 66.1 cm³/mol. The minimum Gasteiger partial charge on any atom is -0.362 e. The summed E-state index contributed by atoms with van der Waals surface area (Å²) >= 11 is 0. The first-order valence-corrected chi connectivity index (χ1v) is 7.30. The Kier molecular flexibility index (Phi) is 7.47. The summed E-state index contributed by atoms with van der Waals surface area (Å²) in [7, 11) is -1.10. The molecule has 0 saturated heterocycles. The van der Waals surface area contributed by atoms with Crippen LogP contribution in [0.5, 0.6) is 0 Å². The van der Waals surface area contributed by atoms with Crippen molar-refractivity contribution in [3.63, 3.8) is 0 Å². The smallest absolute Gasteiger partial charge is 0.327 e. The minimum absolute atomic E-state index is 0.195. The predicted octanol–water partition coefficient (Wildman–Crippen LogP) is 1.91. The lowest BCUT2D eigenvalue weighted by atomic mass is 10.6. The van der Waals surface area contributed by atoms with E-state index in [9.17, 15) is 4.57 Å². The highest BCUT2D eigenvalue weighted by Gasteiger charge is 2.12. The monoisotopic (exact) mass is 250 g/mol. The van der Waals surface area contributed by atoms with E-state index in [0.29, 0.717) is 6.61 Å². The zero-order valence-electron chi connectivity index (χ0n) is 10.6. The standard InChI is InChI=1S/C6H12N2.C4H11O3P/c1-3-8-5-4-7(2)6-8;1-3-7-8(5,6)4-2/h4-5H,3,6H2,1-2H3;3-4H2,1-2H3,(H,5,6). The van der Waals surface area contributed by atoms with Gasteiger partial charge in [0.15, 0.2) is 0 Å². The number of nitrogens with zero attached hydrogens (tertiary/aromatic N) is 2. The molecule has 0 amide bonds. The van der Waals surface area contributed by atoms with Gasteiger partial charge in [-0.05, 0) is 13.8 Å². The van der Waals surface area contributed by atoms with Crippen LogP contribution in [0.25, 0.3) is 0 Å². The first kappa shape index (κ1) is 15.5. The van der Waals surface area contributed by atoms with E-state index in [1.165, 1.54) is 0 Å². The van der Waals surface area contributed by atoms with Crippen LogP contribution in [0, 0.1) is 0 Å². The Hall–Kier alpha value is -0.510. The van der Waals surface area contributed by atoms with Crippen molar-refractivity contribution in [1.29, 1.82) is 0 Å². The first-order chi connectivity index (χ1) is 7.45. The van der Waals surface area contributed by atoms with E-state index in [0.717, 1.165) is 13.2 Å². The van der Waals surface area contributed by atoms with Gasteiger partial charge in [0.1, 0.15) is 0 Å². The summed E-state index contributed by atoms with van der Waals surface area (Å²) in [5.41, 5.74) is 0. The van der Waals surface area contributed by atoms with E-state index in [1.807, 2.05) is 0 Å². The number of hydrogen-bond acceptors (Lipinski definition) is 4. The number of hydrogen-bond donors (Lipinski definition) is 1. The van der Waals surface area contributed by atoms with Crippen LogP contribution in [0.4, 0.5) is 0 Å². The third kappa shape index (κ3) is 6.88. The molecule has 0 aromatic rings. The molecule has 1 unspecified atom stereocenters. The third-order valence-electron chi connectivity index (χ3n) is 2.07. The normalized spacial score (nSPS) is 18.1. The van der Waals surface area contributed by atoms with Crippen LogP contribution < -0.4 is 0 Å². The zero-order valence-corrected chi connectivity index (χ0v) is 11.5. The zero-order chi connectivity index (χ0) is 12.6. The van der Waals surface area contributed by atoms with Gasteiger partial charge >= 0.3 is 7.60 Å². The Balaban J connectivity index is 0.000000281. The van der Waals surface area contributed by atoms with Gasteiger partial charge in [0.25, 0.3) is 0 Å². The fraction of sp³-hybridized carbons (Fsp3) is 0.800. The summed E-state index contributed by atoms with van der Waals surface area (Å²) < 4.78 is 15.0. The lowest BCUT2D eigenvalue weighted by Gasteiger charge is -2.14. The van der Waals surface area contributed by atoms with Gasteiger partial charge in [0.05, 0.1) is 13.3 Å². The molecule has 1 heterocycles. The summed E-state index contributed by atoms with van der Waals surface area (Å²) in [5, 5.41) is 0. The Morgan fingerprint density at radius 1 is 1.38 bits per heavy atom.